The van der Waals surface area contributed by atoms with E-state index in [-0.39, 0.29) is 18.8 Å². The quantitative estimate of drug-likeness (QED) is 0.229. The van der Waals surface area contributed by atoms with E-state index in [1.165, 1.54) is 6.92 Å². The van der Waals surface area contributed by atoms with Gasteiger partial charge in [0.25, 0.3) is 0 Å². The van der Waals surface area contributed by atoms with E-state index in [2.05, 4.69) is 16.0 Å². The third-order valence-electron chi connectivity index (χ3n) is 3.50. The molecule has 0 radical (unpaired) electrons. The van der Waals surface area contributed by atoms with Crippen LogP contribution in [0.5, 0.6) is 0 Å². The third kappa shape index (κ3) is 8.97. The zero-order valence-corrected chi connectivity index (χ0v) is 15.1. The Kier molecular flexibility index (Phi) is 9.89. The van der Waals surface area contributed by atoms with Crippen LogP contribution in [0.25, 0.3) is 0 Å². The predicted octanol–water partition coefficient (Wildman–Crippen LogP) is -2.57. The molecule has 0 aliphatic carbocycles. The normalized spacial score (nSPS) is 14.0. The Bertz CT molecular complexity index is 551. The summed E-state index contributed by atoms with van der Waals surface area (Å²) < 4.78 is 0. The van der Waals surface area contributed by atoms with E-state index < -0.39 is 54.3 Å². The van der Waals surface area contributed by atoms with Crippen molar-refractivity contribution in [3.63, 3.8) is 0 Å². The average molecular weight is 373 g/mol. The Balaban J connectivity index is 4.76. The summed E-state index contributed by atoms with van der Waals surface area (Å²) in [5, 5.41) is 15.7. The van der Waals surface area contributed by atoms with Gasteiger partial charge >= 0.3 is 5.97 Å². The summed E-state index contributed by atoms with van der Waals surface area (Å²) in [6.45, 7) is 4.32. The number of nitrogens with two attached hydrogens (primary N) is 2. The van der Waals surface area contributed by atoms with Gasteiger partial charge in [-0.05, 0) is 19.3 Å². The molecule has 0 rings (SSSR count). The lowest BCUT2D eigenvalue weighted by molar-refractivity contribution is -0.141. The largest absolute Gasteiger partial charge is 0.480 e. The van der Waals surface area contributed by atoms with Gasteiger partial charge in [0.05, 0.1) is 12.6 Å². The van der Waals surface area contributed by atoms with Crippen molar-refractivity contribution in [3.05, 3.63) is 0 Å². The Morgan fingerprint density at radius 2 is 1.58 bits per heavy atom. The van der Waals surface area contributed by atoms with E-state index in [1.54, 1.807) is 13.8 Å². The molecule has 11 nitrogen and oxygen atoms in total. The Morgan fingerprint density at radius 3 is 2.04 bits per heavy atom. The highest BCUT2D eigenvalue weighted by Crippen LogP contribution is 2.00. The molecule has 148 valence electrons. The van der Waals surface area contributed by atoms with Crippen LogP contribution in [0.2, 0.25) is 0 Å². The van der Waals surface area contributed by atoms with Gasteiger partial charge in [-0.25, -0.2) is 0 Å². The van der Waals surface area contributed by atoms with Crippen molar-refractivity contribution in [1.82, 2.24) is 16.0 Å². The molecular weight excluding hydrogens is 346 g/mol. The van der Waals surface area contributed by atoms with Gasteiger partial charge in [-0.1, -0.05) is 13.8 Å². The first-order valence-corrected chi connectivity index (χ1v) is 8.09. The van der Waals surface area contributed by atoms with E-state index >= 15 is 0 Å². The number of nitrogens with one attached hydrogen (secondary N) is 3. The minimum Gasteiger partial charge on any atom is -0.480 e. The maximum atomic E-state index is 12.1. The molecule has 0 saturated carbocycles. The van der Waals surface area contributed by atoms with Gasteiger partial charge < -0.3 is 32.5 Å². The van der Waals surface area contributed by atoms with E-state index in [9.17, 15) is 24.0 Å². The molecule has 0 aromatic rings. The Morgan fingerprint density at radius 1 is 1.00 bits per heavy atom. The molecule has 11 heteroatoms. The number of carboxylic acid groups (broad SMARTS) is 1. The van der Waals surface area contributed by atoms with E-state index in [0.29, 0.717) is 0 Å². The smallest absolute Gasteiger partial charge is 0.325 e. The summed E-state index contributed by atoms with van der Waals surface area (Å²) in [6.07, 6.45) is -0.302. The fraction of sp³-hybridized carbons (Fsp3) is 0.667. The molecule has 0 spiro atoms. The second-order valence-electron chi connectivity index (χ2n) is 6.18. The maximum absolute atomic E-state index is 12.1. The molecule has 0 aromatic heterocycles. The van der Waals surface area contributed by atoms with Crippen LogP contribution in [-0.2, 0) is 24.0 Å². The van der Waals surface area contributed by atoms with Crippen molar-refractivity contribution in [1.29, 1.82) is 0 Å². The second kappa shape index (κ2) is 11.0. The summed E-state index contributed by atoms with van der Waals surface area (Å²) in [5.74, 6) is -4.05. The van der Waals surface area contributed by atoms with Crippen LogP contribution >= 0.6 is 0 Å². The number of rotatable bonds is 11. The Labute approximate surface area is 151 Å². The van der Waals surface area contributed by atoms with Crippen LogP contribution in [0.4, 0.5) is 0 Å². The molecule has 0 heterocycles. The van der Waals surface area contributed by atoms with Crippen molar-refractivity contribution in [2.24, 2.45) is 17.4 Å². The van der Waals surface area contributed by atoms with Gasteiger partial charge in [-0.2, -0.15) is 0 Å². The minimum absolute atomic E-state index is 0.112. The van der Waals surface area contributed by atoms with Gasteiger partial charge in [-0.15, -0.1) is 0 Å². The SMILES string of the molecule is CC(NC(=O)C(CCC(N)=O)NC(=O)CNC(=O)C(N)C(C)C)C(=O)O. The number of primary amides is 1. The van der Waals surface area contributed by atoms with Crippen molar-refractivity contribution in [2.75, 3.05) is 6.54 Å². The average Bonchev–Trinajstić information content (AvgIpc) is 2.54. The highest BCUT2D eigenvalue weighted by atomic mass is 16.4. The molecule has 0 fully saturated rings. The topological polar surface area (TPSA) is 194 Å². The lowest BCUT2D eigenvalue weighted by Crippen LogP contribution is -2.53. The van der Waals surface area contributed by atoms with Gasteiger partial charge in [-0.3, -0.25) is 24.0 Å². The molecule has 0 aromatic carbocycles. The van der Waals surface area contributed by atoms with Crippen LogP contribution < -0.4 is 27.4 Å². The van der Waals surface area contributed by atoms with Crippen molar-refractivity contribution < 1.29 is 29.1 Å². The molecule has 0 aliphatic heterocycles. The molecular formula is C15H27N5O6. The number of carboxylic acids is 1. The van der Waals surface area contributed by atoms with Gasteiger partial charge in [0, 0.05) is 6.42 Å². The lowest BCUT2D eigenvalue weighted by Gasteiger charge is -2.20. The fourth-order valence-electron chi connectivity index (χ4n) is 1.76. The predicted molar refractivity (Wildman–Crippen MR) is 91.4 cm³/mol. The molecule has 4 amide bonds. The summed E-state index contributed by atoms with van der Waals surface area (Å²) >= 11 is 0. The van der Waals surface area contributed by atoms with Crippen molar-refractivity contribution in [3.8, 4) is 0 Å². The second-order valence-corrected chi connectivity index (χ2v) is 6.18. The monoisotopic (exact) mass is 373 g/mol. The lowest BCUT2D eigenvalue weighted by atomic mass is 10.1. The van der Waals surface area contributed by atoms with Crippen LogP contribution in [0.15, 0.2) is 0 Å². The molecule has 3 unspecified atom stereocenters. The number of aliphatic carboxylic acids is 1. The van der Waals surface area contributed by atoms with Crippen LogP contribution in [0.1, 0.15) is 33.6 Å². The molecule has 26 heavy (non-hydrogen) atoms. The van der Waals surface area contributed by atoms with Gasteiger partial charge in [0.2, 0.25) is 23.6 Å². The van der Waals surface area contributed by atoms with Crippen LogP contribution in [-0.4, -0.2) is 59.4 Å². The summed E-state index contributed by atoms with van der Waals surface area (Å²) in [7, 11) is 0. The molecule has 3 atom stereocenters. The minimum atomic E-state index is -1.26. The fourth-order valence-corrected chi connectivity index (χ4v) is 1.76. The number of carbonyl (C=O) groups excluding carboxylic acids is 4. The third-order valence-corrected chi connectivity index (χ3v) is 3.50. The Hall–Kier alpha value is -2.69. The first kappa shape index (κ1) is 23.3. The number of carbonyl (C=O) groups is 5. The summed E-state index contributed by atoms with van der Waals surface area (Å²) in [5.41, 5.74) is 10.7. The van der Waals surface area contributed by atoms with E-state index in [4.69, 9.17) is 16.6 Å². The first-order valence-electron chi connectivity index (χ1n) is 8.09. The zero-order chi connectivity index (χ0) is 20.4. The van der Waals surface area contributed by atoms with Crippen LogP contribution in [0.3, 0.4) is 0 Å². The highest BCUT2D eigenvalue weighted by molar-refractivity contribution is 5.92. The van der Waals surface area contributed by atoms with Gasteiger partial charge in [0.1, 0.15) is 12.1 Å². The van der Waals surface area contributed by atoms with E-state index in [0.717, 1.165) is 0 Å². The zero-order valence-electron chi connectivity index (χ0n) is 15.1. The van der Waals surface area contributed by atoms with Gasteiger partial charge in [0.15, 0.2) is 0 Å². The molecule has 0 saturated heterocycles. The number of amides is 4. The van der Waals surface area contributed by atoms with Crippen molar-refractivity contribution >= 4 is 29.6 Å². The molecule has 0 aliphatic rings. The highest BCUT2D eigenvalue weighted by Gasteiger charge is 2.25. The number of hydrogen-bond donors (Lipinski definition) is 6. The van der Waals surface area contributed by atoms with E-state index in [1.807, 2.05) is 0 Å². The maximum Gasteiger partial charge on any atom is 0.325 e. The standard InChI is InChI=1S/C15H27N5O6/c1-7(2)12(17)14(24)18-6-11(22)20-9(4-5-10(16)21)13(23)19-8(3)15(25)26/h7-9,12H,4-6,17H2,1-3H3,(H2,16,21)(H,18,24)(H,19,23)(H,20,22)(H,25,26). The summed E-state index contributed by atoms with van der Waals surface area (Å²) in [4.78, 5) is 57.5. The molecule has 0 bridgehead atoms. The van der Waals surface area contributed by atoms with Crippen LogP contribution in [0, 0.1) is 5.92 Å². The number of hydrogen-bond acceptors (Lipinski definition) is 6. The van der Waals surface area contributed by atoms with Crippen molar-refractivity contribution in [2.45, 2.75) is 51.7 Å². The first-order chi connectivity index (χ1) is 12.0. The molecule has 8 N–H and O–H groups in total. The summed E-state index contributed by atoms with van der Waals surface area (Å²) in [6, 6.07) is -3.14.